The maximum Gasteiger partial charge on any atom is 0.418 e. The van der Waals surface area contributed by atoms with Crippen molar-refractivity contribution in [3.63, 3.8) is 0 Å². The van der Waals surface area contributed by atoms with Crippen LogP contribution >= 0.6 is 0 Å². The van der Waals surface area contributed by atoms with Gasteiger partial charge < -0.3 is 4.74 Å². The molecule has 0 saturated carbocycles. The summed E-state index contributed by atoms with van der Waals surface area (Å²) in [5.41, 5.74) is -2.84. The Labute approximate surface area is 138 Å². The van der Waals surface area contributed by atoms with Crippen LogP contribution in [0, 0.1) is 18.3 Å². The zero-order valence-electron chi connectivity index (χ0n) is 13.0. The van der Waals surface area contributed by atoms with E-state index in [1.54, 1.807) is 0 Å². The Morgan fingerprint density at radius 2 is 1.84 bits per heavy atom. The minimum atomic E-state index is -4.90. The number of ether oxygens (including phenoxy) is 1. The summed E-state index contributed by atoms with van der Waals surface area (Å²) >= 11 is 0. The number of carbonyl (C=O) groups excluding carboxylic acids is 1. The van der Waals surface area contributed by atoms with Crippen molar-refractivity contribution in [1.29, 1.82) is 5.26 Å². The average molecular weight is 366 g/mol. The van der Waals surface area contributed by atoms with E-state index in [9.17, 15) is 31.1 Å². The van der Waals surface area contributed by atoms with Crippen LogP contribution in [0.2, 0.25) is 0 Å². The predicted molar refractivity (Wildman–Crippen MR) is 73.8 cm³/mol. The van der Waals surface area contributed by atoms with Gasteiger partial charge in [-0.25, -0.2) is 4.79 Å². The van der Waals surface area contributed by atoms with Gasteiger partial charge in [0.15, 0.2) is 0 Å². The Kier molecular flexibility index (Phi) is 4.63. The molecule has 1 aliphatic heterocycles. The van der Waals surface area contributed by atoms with Gasteiger partial charge in [0.05, 0.1) is 35.3 Å². The van der Waals surface area contributed by atoms with Crippen LogP contribution in [-0.4, -0.2) is 24.4 Å². The van der Waals surface area contributed by atoms with Crippen LogP contribution < -0.4 is 4.90 Å². The number of hydrogen-bond acceptors (Lipinski definition) is 3. The molecular weight excluding hydrogens is 354 g/mol. The molecule has 4 nitrogen and oxygen atoms in total. The summed E-state index contributed by atoms with van der Waals surface area (Å²) in [6.07, 6.45) is -13.3. The molecule has 10 heteroatoms. The van der Waals surface area contributed by atoms with Crippen LogP contribution in [0.3, 0.4) is 0 Å². The quantitative estimate of drug-likeness (QED) is 0.722. The van der Waals surface area contributed by atoms with Gasteiger partial charge in [-0.15, -0.1) is 0 Å². The van der Waals surface area contributed by atoms with Crippen molar-refractivity contribution in [2.45, 2.75) is 44.8 Å². The lowest BCUT2D eigenvalue weighted by Crippen LogP contribution is -2.40. The highest BCUT2D eigenvalue weighted by molar-refractivity contribution is 5.92. The van der Waals surface area contributed by atoms with Crippen molar-refractivity contribution >= 4 is 11.8 Å². The second kappa shape index (κ2) is 6.13. The molecule has 0 radical (unpaired) electrons. The first kappa shape index (κ1) is 18.9. The van der Waals surface area contributed by atoms with Gasteiger partial charge in [0.25, 0.3) is 0 Å². The molecular formula is C15H12F6N2O2. The number of nitrogens with zero attached hydrogens (tertiary/aromatic N) is 2. The average Bonchev–Trinajstić information content (AvgIpc) is 2.70. The van der Waals surface area contributed by atoms with E-state index in [2.05, 4.69) is 0 Å². The first-order valence-corrected chi connectivity index (χ1v) is 7.04. The second-order valence-electron chi connectivity index (χ2n) is 5.59. The molecule has 2 atom stereocenters. The summed E-state index contributed by atoms with van der Waals surface area (Å²) in [4.78, 5) is 12.5. The van der Waals surface area contributed by atoms with Crippen LogP contribution in [0.1, 0.15) is 30.0 Å². The van der Waals surface area contributed by atoms with E-state index in [0.29, 0.717) is 4.90 Å². The van der Waals surface area contributed by atoms with Crippen molar-refractivity contribution in [2.24, 2.45) is 0 Å². The lowest BCUT2D eigenvalue weighted by Gasteiger charge is -2.27. The molecule has 0 aromatic heterocycles. The van der Waals surface area contributed by atoms with Gasteiger partial charge in [0.2, 0.25) is 0 Å². The van der Waals surface area contributed by atoms with Crippen molar-refractivity contribution in [2.75, 3.05) is 4.90 Å². The van der Waals surface area contributed by atoms with E-state index in [0.717, 1.165) is 19.1 Å². The number of amides is 1. The molecule has 0 aliphatic carbocycles. The highest BCUT2D eigenvalue weighted by Gasteiger charge is 2.47. The Bertz CT molecular complexity index is 735. The highest BCUT2D eigenvalue weighted by atomic mass is 19.4. The van der Waals surface area contributed by atoms with Gasteiger partial charge in [-0.2, -0.15) is 31.6 Å². The van der Waals surface area contributed by atoms with E-state index >= 15 is 0 Å². The minimum Gasteiger partial charge on any atom is -0.444 e. The van der Waals surface area contributed by atoms with Crippen molar-refractivity contribution in [1.82, 2.24) is 0 Å². The fourth-order valence-electron chi connectivity index (χ4n) is 2.83. The molecule has 1 saturated heterocycles. The van der Waals surface area contributed by atoms with E-state index in [1.165, 1.54) is 13.0 Å². The summed E-state index contributed by atoms with van der Waals surface area (Å²) in [5, 5.41) is 8.86. The van der Waals surface area contributed by atoms with Crippen LogP contribution in [0.4, 0.5) is 36.8 Å². The lowest BCUT2D eigenvalue weighted by atomic mass is 9.98. The van der Waals surface area contributed by atoms with Gasteiger partial charge in [-0.3, -0.25) is 4.90 Å². The predicted octanol–water partition coefficient (Wildman–Crippen LogP) is 4.55. The molecule has 1 amide bonds. The Hall–Kier alpha value is -2.44. The number of cyclic esters (lactones) is 1. The first-order valence-electron chi connectivity index (χ1n) is 7.04. The van der Waals surface area contributed by atoms with Gasteiger partial charge in [0.1, 0.15) is 6.10 Å². The standard InChI is InChI=1S/C15H12F6N2O2/c1-7-10(4-3-9(6-22)12(7)15(19,20)21)23-11(5-14(16,17)18)8(2)25-13(23)24/h3-4,8,11H,5H2,1-2H3/t8-,11-/m0/s1. The summed E-state index contributed by atoms with van der Waals surface area (Å²) in [6.45, 7) is 2.23. The first-order chi connectivity index (χ1) is 11.4. The monoisotopic (exact) mass is 366 g/mol. The van der Waals surface area contributed by atoms with Crippen molar-refractivity contribution < 1.29 is 35.9 Å². The fraction of sp³-hybridized carbons (Fsp3) is 0.467. The number of carbonyl (C=O) groups is 1. The lowest BCUT2D eigenvalue weighted by molar-refractivity contribution is -0.141. The molecule has 1 aromatic rings. The van der Waals surface area contributed by atoms with Crippen LogP contribution in [0.15, 0.2) is 12.1 Å². The molecule has 1 aromatic carbocycles. The molecule has 0 spiro atoms. The summed E-state index contributed by atoms with van der Waals surface area (Å²) in [6, 6.07) is 1.74. The van der Waals surface area contributed by atoms with E-state index in [-0.39, 0.29) is 5.69 Å². The number of alkyl halides is 6. The number of benzene rings is 1. The van der Waals surface area contributed by atoms with Crippen LogP contribution in [0.5, 0.6) is 0 Å². The summed E-state index contributed by atoms with van der Waals surface area (Å²) in [5.74, 6) is 0. The van der Waals surface area contributed by atoms with Crippen molar-refractivity contribution in [3.8, 4) is 6.07 Å². The van der Waals surface area contributed by atoms with E-state index in [1.807, 2.05) is 0 Å². The summed E-state index contributed by atoms with van der Waals surface area (Å²) in [7, 11) is 0. The van der Waals surface area contributed by atoms with Gasteiger partial charge >= 0.3 is 18.4 Å². The molecule has 1 fully saturated rings. The smallest absolute Gasteiger partial charge is 0.418 e. The molecule has 0 N–H and O–H groups in total. The number of halogens is 6. The Morgan fingerprint density at radius 3 is 2.32 bits per heavy atom. The Morgan fingerprint density at radius 1 is 1.24 bits per heavy atom. The van der Waals surface area contributed by atoms with E-state index < -0.39 is 53.7 Å². The SMILES string of the molecule is Cc1c(N2C(=O)O[C@@H](C)[C@@H]2CC(F)(F)F)ccc(C#N)c1C(F)(F)F. The third-order valence-electron chi connectivity index (χ3n) is 3.90. The fourth-order valence-corrected chi connectivity index (χ4v) is 2.83. The van der Waals surface area contributed by atoms with Crippen LogP contribution in [0.25, 0.3) is 0 Å². The third-order valence-corrected chi connectivity index (χ3v) is 3.90. The van der Waals surface area contributed by atoms with Gasteiger partial charge in [-0.1, -0.05) is 0 Å². The van der Waals surface area contributed by atoms with E-state index in [4.69, 9.17) is 10.00 Å². The number of rotatable bonds is 2. The van der Waals surface area contributed by atoms with Gasteiger partial charge in [0, 0.05) is 0 Å². The zero-order valence-corrected chi connectivity index (χ0v) is 13.0. The largest absolute Gasteiger partial charge is 0.444 e. The number of nitriles is 1. The number of anilines is 1. The molecule has 0 unspecified atom stereocenters. The number of hydrogen-bond donors (Lipinski definition) is 0. The Balaban J connectivity index is 2.60. The third kappa shape index (κ3) is 3.65. The highest BCUT2D eigenvalue weighted by Crippen LogP contribution is 2.41. The van der Waals surface area contributed by atoms with Crippen molar-refractivity contribution in [3.05, 3.63) is 28.8 Å². The zero-order chi connectivity index (χ0) is 19.2. The van der Waals surface area contributed by atoms with Crippen LogP contribution in [-0.2, 0) is 10.9 Å². The molecule has 136 valence electrons. The normalized spacial score (nSPS) is 21.2. The molecule has 25 heavy (non-hydrogen) atoms. The molecule has 0 bridgehead atoms. The topological polar surface area (TPSA) is 53.3 Å². The molecule has 1 aliphatic rings. The maximum absolute atomic E-state index is 13.2. The maximum atomic E-state index is 13.2. The summed E-state index contributed by atoms with van der Waals surface area (Å²) < 4.78 is 82.8. The molecule has 2 rings (SSSR count). The second-order valence-corrected chi connectivity index (χ2v) is 5.59. The minimum absolute atomic E-state index is 0.366. The van der Waals surface area contributed by atoms with Gasteiger partial charge in [-0.05, 0) is 31.5 Å². The molecule has 1 heterocycles.